The standard InChI is InChI=1S/C18H18BrCl2N5O/c1-10-17(23-18(27)12(3)25-8-13(19)7-22-25)11(2)26(24-10)9-14-15(20)5-4-6-16(14)21/h4-8,12H,9H2,1-3H3,(H,23,27). The Balaban J connectivity index is 1.82. The number of aromatic nitrogens is 4. The van der Waals surface area contributed by atoms with Crippen LogP contribution in [0, 0.1) is 13.8 Å². The maximum absolute atomic E-state index is 12.6. The van der Waals surface area contributed by atoms with Gasteiger partial charge in [0.25, 0.3) is 0 Å². The summed E-state index contributed by atoms with van der Waals surface area (Å²) in [7, 11) is 0. The molecule has 3 aromatic rings. The van der Waals surface area contributed by atoms with Crippen molar-refractivity contribution in [3.8, 4) is 0 Å². The molecule has 0 aliphatic rings. The molecule has 0 aliphatic heterocycles. The van der Waals surface area contributed by atoms with E-state index >= 15 is 0 Å². The molecule has 0 aliphatic carbocycles. The SMILES string of the molecule is Cc1nn(Cc2c(Cl)cccc2Cl)c(C)c1NC(=O)C(C)n1cc(Br)cn1. The Bertz CT molecular complexity index is 978. The van der Waals surface area contributed by atoms with Crippen LogP contribution in [0.3, 0.4) is 0 Å². The largest absolute Gasteiger partial charge is 0.321 e. The summed E-state index contributed by atoms with van der Waals surface area (Å²) in [5, 5.41) is 12.8. The van der Waals surface area contributed by atoms with E-state index in [2.05, 4.69) is 31.4 Å². The molecular weight excluding hydrogens is 453 g/mol. The van der Waals surface area contributed by atoms with E-state index in [1.165, 1.54) is 0 Å². The molecule has 1 atom stereocenters. The van der Waals surface area contributed by atoms with Gasteiger partial charge in [0.2, 0.25) is 5.91 Å². The summed E-state index contributed by atoms with van der Waals surface area (Å²) < 4.78 is 4.20. The van der Waals surface area contributed by atoms with Crippen LogP contribution >= 0.6 is 39.1 Å². The molecule has 1 aromatic carbocycles. The third-order valence-corrected chi connectivity index (χ3v) is 5.46. The molecule has 0 radical (unpaired) electrons. The molecule has 0 saturated carbocycles. The van der Waals surface area contributed by atoms with Gasteiger partial charge in [-0.15, -0.1) is 0 Å². The summed E-state index contributed by atoms with van der Waals surface area (Å²) in [6, 6.07) is 4.93. The Kier molecular flexibility index (Phi) is 5.93. The van der Waals surface area contributed by atoms with Crippen molar-refractivity contribution in [2.75, 3.05) is 5.32 Å². The van der Waals surface area contributed by atoms with Gasteiger partial charge < -0.3 is 5.32 Å². The van der Waals surface area contributed by atoms with Crippen LogP contribution < -0.4 is 5.32 Å². The molecule has 0 saturated heterocycles. The van der Waals surface area contributed by atoms with Crippen LogP contribution in [0.25, 0.3) is 0 Å². The molecule has 1 amide bonds. The Labute approximate surface area is 175 Å². The molecule has 0 spiro atoms. The lowest BCUT2D eigenvalue weighted by Gasteiger charge is -2.13. The Morgan fingerprint density at radius 2 is 1.96 bits per heavy atom. The second-order valence-corrected chi connectivity index (χ2v) is 7.94. The van der Waals surface area contributed by atoms with Crippen LogP contribution in [0.4, 0.5) is 5.69 Å². The van der Waals surface area contributed by atoms with Gasteiger partial charge in [-0.05, 0) is 48.8 Å². The van der Waals surface area contributed by atoms with Crippen molar-refractivity contribution < 1.29 is 4.79 Å². The summed E-state index contributed by atoms with van der Waals surface area (Å²) in [5.74, 6) is -0.174. The van der Waals surface area contributed by atoms with Crippen molar-refractivity contribution >= 4 is 50.7 Å². The van der Waals surface area contributed by atoms with Crippen LogP contribution in [0.5, 0.6) is 0 Å². The van der Waals surface area contributed by atoms with Crippen molar-refractivity contribution in [1.82, 2.24) is 19.6 Å². The van der Waals surface area contributed by atoms with Crippen LogP contribution in [-0.2, 0) is 11.3 Å². The van der Waals surface area contributed by atoms with E-state index in [-0.39, 0.29) is 5.91 Å². The maximum atomic E-state index is 12.6. The molecule has 0 fully saturated rings. The first-order valence-corrected chi connectivity index (χ1v) is 9.80. The highest BCUT2D eigenvalue weighted by Crippen LogP contribution is 2.28. The first kappa shape index (κ1) is 19.9. The van der Waals surface area contributed by atoms with E-state index in [1.54, 1.807) is 46.9 Å². The van der Waals surface area contributed by atoms with E-state index in [0.29, 0.717) is 22.3 Å². The van der Waals surface area contributed by atoms with Gasteiger partial charge in [0.1, 0.15) is 6.04 Å². The fraction of sp³-hybridized carbons (Fsp3) is 0.278. The Hall–Kier alpha value is -1.83. The van der Waals surface area contributed by atoms with Gasteiger partial charge in [0.05, 0.1) is 34.3 Å². The van der Waals surface area contributed by atoms with Gasteiger partial charge in [-0.3, -0.25) is 14.2 Å². The number of carbonyl (C=O) groups excluding carboxylic acids is 1. The summed E-state index contributed by atoms with van der Waals surface area (Å²) in [6.07, 6.45) is 3.40. The first-order valence-electron chi connectivity index (χ1n) is 8.25. The highest BCUT2D eigenvalue weighted by atomic mass is 79.9. The van der Waals surface area contributed by atoms with Crippen LogP contribution in [0.2, 0.25) is 10.0 Å². The molecule has 2 heterocycles. The van der Waals surface area contributed by atoms with Crippen molar-refractivity contribution in [2.45, 2.75) is 33.4 Å². The number of carbonyl (C=O) groups is 1. The number of benzene rings is 1. The second kappa shape index (κ2) is 8.04. The summed E-state index contributed by atoms with van der Waals surface area (Å²) >= 11 is 15.9. The van der Waals surface area contributed by atoms with Crippen molar-refractivity contribution in [3.05, 3.63) is 62.1 Å². The topological polar surface area (TPSA) is 64.7 Å². The maximum Gasteiger partial charge on any atom is 0.249 e. The third-order valence-electron chi connectivity index (χ3n) is 4.35. The van der Waals surface area contributed by atoms with Crippen LogP contribution in [-0.4, -0.2) is 25.5 Å². The van der Waals surface area contributed by atoms with Crippen molar-refractivity contribution in [1.29, 1.82) is 0 Å². The van der Waals surface area contributed by atoms with Crippen LogP contribution in [0.1, 0.15) is 29.9 Å². The van der Waals surface area contributed by atoms with Gasteiger partial charge in [-0.1, -0.05) is 29.3 Å². The smallest absolute Gasteiger partial charge is 0.249 e. The number of anilines is 1. The third kappa shape index (κ3) is 4.20. The second-order valence-electron chi connectivity index (χ2n) is 6.21. The molecule has 0 bridgehead atoms. The van der Waals surface area contributed by atoms with E-state index in [4.69, 9.17) is 23.2 Å². The summed E-state index contributed by atoms with van der Waals surface area (Å²) in [6.45, 7) is 5.95. The number of aryl methyl sites for hydroxylation is 1. The fourth-order valence-corrected chi connectivity index (χ4v) is 3.56. The zero-order valence-electron chi connectivity index (χ0n) is 15.0. The molecule has 1 unspecified atom stereocenters. The van der Waals surface area contributed by atoms with Crippen molar-refractivity contribution in [3.63, 3.8) is 0 Å². The lowest BCUT2D eigenvalue weighted by molar-refractivity contribution is -0.119. The van der Waals surface area contributed by atoms with E-state index in [0.717, 1.165) is 21.4 Å². The molecule has 27 heavy (non-hydrogen) atoms. The molecule has 3 rings (SSSR count). The minimum absolute atomic E-state index is 0.174. The number of nitrogens with one attached hydrogen (secondary N) is 1. The number of hydrogen-bond donors (Lipinski definition) is 1. The number of rotatable bonds is 5. The number of halogens is 3. The number of nitrogens with zero attached hydrogens (tertiary/aromatic N) is 4. The van der Waals surface area contributed by atoms with Gasteiger partial charge >= 0.3 is 0 Å². The van der Waals surface area contributed by atoms with E-state index < -0.39 is 6.04 Å². The predicted molar refractivity (Wildman–Crippen MR) is 111 cm³/mol. The van der Waals surface area contributed by atoms with Crippen LogP contribution in [0.15, 0.2) is 35.1 Å². The Morgan fingerprint density at radius 3 is 2.56 bits per heavy atom. The van der Waals surface area contributed by atoms with Gasteiger partial charge in [-0.25, -0.2) is 0 Å². The molecular formula is C18H18BrCl2N5O. The van der Waals surface area contributed by atoms with E-state index in [9.17, 15) is 4.79 Å². The van der Waals surface area contributed by atoms with Gasteiger partial charge in [0, 0.05) is 21.8 Å². The zero-order valence-corrected chi connectivity index (χ0v) is 18.1. The lowest BCUT2D eigenvalue weighted by atomic mass is 10.2. The van der Waals surface area contributed by atoms with Crippen molar-refractivity contribution in [2.24, 2.45) is 0 Å². The highest BCUT2D eigenvalue weighted by molar-refractivity contribution is 9.10. The predicted octanol–water partition coefficient (Wildman–Crippen LogP) is 5.01. The quantitative estimate of drug-likeness (QED) is 0.569. The normalized spacial score (nSPS) is 12.2. The average molecular weight is 471 g/mol. The number of amides is 1. The summed E-state index contributed by atoms with van der Waals surface area (Å²) in [5.41, 5.74) is 3.02. The van der Waals surface area contributed by atoms with Gasteiger partial charge in [0.15, 0.2) is 0 Å². The zero-order chi connectivity index (χ0) is 19.7. The first-order chi connectivity index (χ1) is 12.8. The molecule has 9 heteroatoms. The minimum Gasteiger partial charge on any atom is -0.321 e. The highest BCUT2D eigenvalue weighted by Gasteiger charge is 2.20. The minimum atomic E-state index is -0.462. The fourth-order valence-electron chi connectivity index (χ4n) is 2.74. The molecule has 142 valence electrons. The lowest BCUT2D eigenvalue weighted by Crippen LogP contribution is -2.24. The van der Waals surface area contributed by atoms with E-state index in [1.807, 2.05) is 13.8 Å². The molecule has 6 nitrogen and oxygen atoms in total. The monoisotopic (exact) mass is 469 g/mol. The Morgan fingerprint density at radius 1 is 1.30 bits per heavy atom. The summed E-state index contributed by atoms with van der Waals surface area (Å²) in [4.78, 5) is 12.6. The number of hydrogen-bond acceptors (Lipinski definition) is 3. The van der Waals surface area contributed by atoms with Gasteiger partial charge in [-0.2, -0.15) is 10.2 Å². The molecule has 2 aromatic heterocycles. The average Bonchev–Trinajstić information content (AvgIpc) is 3.16. The molecule has 1 N–H and O–H groups in total.